The smallest absolute Gasteiger partial charge is 0.0936 e. The van der Waals surface area contributed by atoms with Crippen molar-refractivity contribution in [2.24, 2.45) is 5.92 Å². The second-order valence-corrected chi connectivity index (χ2v) is 3.93. The van der Waals surface area contributed by atoms with Crippen molar-refractivity contribution in [3.05, 3.63) is 48.0 Å². The molecule has 1 aliphatic rings. The monoisotopic (exact) mass is 174 g/mol. The number of rotatable bonds is 2. The molecule has 0 bridgehead atoms. The normalized spacial score (nSPS) is 25.4. The SMILES string of the molecule is C=C1CC1C(C)(O)c1ccccc1. The summed E-state index contributed by atoms with van der Waals surface area (Å²) in [5.41, 5.74) is 1.42. The second-order valence-electron chi connectivity index (χ2n) is 3.93. The molecule has 0 radical (unpaired) electrons. The molecule has 2 atom stereocenters. The van der Waals surface area contributed by atoms with Crippen LogP contribution >= 0.6 is 0 Å². The van der Waals surface area contributed by atoms with Crippen LogP contribution in [-0.4, -0.2) is 5.11 Å². The van der Waals surface area contributed by atoms with E-state index in [-0.39, 0.29) is 5.92 Å². The highest BCUT2D eigenvalue weighted by Crippen LogP contribution is 2.49. The molecule has 2 rings (SSSR count). The lowest BCUT2D eigenvalue weighted by Crippen LogP contribution is -2.23. The van der Waals surface area contributed by atoms with E-state index >= 15 is 0 Å². The van der Waals surface area contributed by atoms with Crippen molar-refractivity contribution in [2.75, 3.05) is 0 Å². The summed E-state index contributed by atoms with van der Waals surface area (Å²) < 4.78 is 0. The third kappa shape index (κ3) is 1.40. The average Bonchev–Trinajstić information content (AvgIpc) is 2.85. The highest BCUT2D eigenvalue weighted by molar-refractivity contribution is 5.32. The van der Waals surface area contributed by atoms with Crippen LogP contribution in [-0.2, 0) is 5.60 Å². The number of hydrogen-bond acceptors (Lipinski definition) is 1. The predicted molar refractivity (Wildman–Crippen MR) is 53.3 cm³/mol. The fraction of sp³-hybridized carbons (Fsp3) is 0.333. The Balaban J connectivity index is 2.29. The first-order chi connectivity index (χ1) is 6.12. The molecule has 1 aromatic rings. The van der Waals surface area contributed by atoms with Crippen LogP contribution in [0.2, 0.25) is 0 Å². The van der Waals surface area contributed by atoms with Gasteiger partial charge in [0.05, 0.1) is 5.60 Å². The molecule has 1 aliphatic carbocycles. The zero-order valence-corrected chi connectivity index (χ0v) is 7.83. The van der Waals surface area contributed by atoms with Gasteiger partial charge >= 0.3 is 0 Å². The Kier molecular flexibility index (Phi) is 1.77. The van der Waals surface area contributed by atoms with Crippen molar-refractivity contribution in [1.82, 2.24) is 0 Å². The van der Waals surface area contributed by atoms with Gasteiger partial charge in [0.25, 0.3) is 0 Å². The predicted octanol–water partition coefficient (Wildman–Crippen LogP) is 2.47. The maximum Gasteiger partial charge on any atom is 0.0936 e. The molecule has 0 aromatic heterocycles. The van der Waals surface area contributed by atoms with E-state index in [9.17, 15) is 5.11 Å². The minimum Gasteiger partial charge on any atom is -0.385 e. The van der Waals surface area contributed by atoms with Gasteiger partial charge in [0, 0.05) is 5.92 Å². The minimum atomic E-state index is -0.724. The van der Waals surface area contributed by atoms with Crippen molar-refractivity contribution in [1.29, 1.82) is 0 Å². The highest BCUT2D eigenvalue weighted by Gasteiger charge is 2.44. The molecule has 1 nitrogen and oxygen atoms in total. The van der Waals surface area contributed by atoms with Gasteiger partial charge in [-0.25, -0.2) is 0 Å². The first kappa shape index (κ1) is 8.52. The Labute approximate surface area is 78.7 Å². The molecule has 2 unspecified atom stereocenters. The number of hydrogen-bond donors (Lipinski definition) is 1. The first-order valence-corrected chi connectivity index (χ1v) is 4.58. The summed E-state index contributed by atoms with van der Waals surface area (Å²) in [6.45, 7) is 5.75. The van der Waals surface area contributed by atoms with Crippen LogP contribution in [0.5, 0.6) is 0 Å². The largest absolute Gasteiger partial charge is 0.385 e. The lowest BCUT2D eigenvalue weighted by atomic mass is 9.91. The summed E-state index contributed by atoms with van der Waals surface area (Å²) in [5, 5.41) is 10.2. The summed E-state index contributed by atoms with van der Waals surface area (Å²) in [5.74, 6) is 0.259. The van der Waals surface area contributed by atoms with E-state index in [1.165, 1.54) is 0 Å². The van der Waals surface area contributed by atoms with Crippen molar-refractivity contribution in [3.8, 4) is 0 Å². The first-order valence-electron chi connectivity index (χ1n) is 4.58. The van der Waals surface area contributed by atoms with Gasteiger partial charge in [-0.05, 0) is 18.9 Å². The molecule has 13 heavy (non-hydrogen) atoms. The molecule has 1 N–H and O–H groups in total. The number of benzene rings is 1. The quantitative estimate of drug-likeness (QED) is 0.683. The van der Waals surface area contributed by atoms with Crippen LogP contribution < -0.4 is 0 Å². The Morgan fingerprint density at radius 3 is 2.38 bits per heavy atom. The topological polar surface area (TPSA) is 20.2 Å². The van der Waals surface area contributed by atoms with Crippen LogP contribution in [0.3, 0.4) is 0 Å². The summed E-state index contributed by atoms with van der Waals surface area (Å²) in [6, 6.07) is 9.79. The minimum absolute atomic E-state index is 0.259. The Morgan fingerprint density at radius 1 is 1.38 bits per heavy atom. The number of aliphatic hydroxyl groups is 1. The zero-order chi connectivity index (χ0) is 9.47. The molecule has 0 spiro atoms. The van der Waals surface area contributed by atoms with Crippen molar-refractivity contribution >= 4 is 0 Å². The maximum absolute atomic E-state index is 10.2. The van der Waals surface area contributed by atoms with Gasteiger partial charge in [0.2, 0.25) is 0 Å². The van der Waals surface area contributed by atoms with E-state index in [1.807, 2.05) is 37.3 Å². The van der Waals surface area contributed by atoms with E-state index in [4.69, 9.17) is 0 Å². The van der Waals surface area contributed by atoms with E-state index in [0.29, 0.717) is 0 Å². The van der Waals surface area contributed by atoms with Gasteiger partial charge in [-0.15, -0.1) is 0 Å². The second kappa shape index (κ2) is 2.71. The standard InChI is InChI=1S/C12H14O/c1-9-8-11(9)12(2,13)10-6-4-3-5-7-10/h3-7,11,13H,1,8H2,2H3. The lowest BCUT2D eigenvalue weighted by Gasteiger charge is -2.23. The maximum atomic E-state index is 10.2. The molecule has 0 aliphatic heterocycles. The van der Waals surface area contributed by atoms with Crippen LogP contribution in [0.25, 0.3) is 0 Å². The molecule has 0 amide bonds. The Bertz CT molecular complexity index is 324. The van der Waals surface area contributed by atoms with Gasteiger partial charge in [-0.3, -0.25) is 0 Å². The van der Waals surface area contributed by atoms with Crippen LogP contribution in [0.1, 0.15) is 18.9 Å². The third-order valence-electron chi connectivity index (χ3n) is 2.84. The van der Waals surface area contributed by atoms with Gasteiger partial charge in [0.1, 0.15) is 0 Å². The molecular formula is C12H14O. The average molecular weight is 174 g/mol. The highest BCUT2D eigenvalue weighted by atomic mass is 16.3. The molecule has 0 saturated heterocycles. The zero-order valence-electron chi connectivity index (χ0n) is 7.83. The molecule has 1 heteroatoms. The summed E-state index contributed by atoms with van der Waals surface area (Å²) in [7, 11) is 0. The van der Waals surface area contributed by atoms with E-state index < -0.39 is 5.60 Å². The molecule has 68 valence electrons. The summed E-state index contributed by atoms with van der Waals surface area (Å²) in [6.07, 6.45) is 0.960. The van der Waals surface area contributed by atoms with Crippen molar-refractivity contribution in [3.63, 3.8) is 0 Å². The molecule has 1 aromatic carbocycles. The molecular weight excluding hydrogens is 160 g/mol. The molecule has 1 fully saturated rings. The van der Waals surface area contributed by atoms with E-state index in [2.05, 4.69) is 6.58 Å². The molecule has 1 saturated carbocycles. The van der Waals surface area contributed by atoms with Gasteiger partial charge < -0.3 is 5.11 Å². The van der Waals surface area contributed by atoms with Gasteiger partial charge in [-0.2, -0.15) is 0 Å². The summed E-state index contributed by atoms with van der Waals surface area (Å²) >= 11 is 0. The van der Waals surface area contributed by atoms with Crippen molar-refractivity contribution < 1.29 is 5.11 Å². The van der Waals surface area contributed by atoms with Crippen LogP contribution in [0.15, 0.2) is 42.5 Å². The summed E-state index contributed by atoms with van der Waals surface area (Å²) in [4.78, 5) is 0. The van der Waals surface area contributed by atoms with E-state index in [0.717, 1.165) is 17.6 Å². The fourth-order valence-corrected chi connectivity index (χ4v) is 1.78. The molecule has 0 heterocycles. The fourth-order valence-electron chi connectivity index (χ4n) is 1.78. The Morgan fingerprint density at radius 2 is 1.92 bits per heavy atom. The van der Waals surface area contributed by atoms with E-state index in [1.54, 1.807) is 0 Å². The van der Waals surface area contributed by atoms with Crippen LogP contribution in [0, 0.1) is 5.92 Å². The Hall–Kier alpha value is -1.08. The third-order valence-corrected chi connectivity index (χ3v) is 2.84. The van der Waals surface area contributed by atoms with Crippen molar-refractivity contribution in [2.45, 2.75) is 18.9 Å². The lowest BCUT2D eigenvalue weighted by molar-refractivity contribution is 0.0377. The van der Waals surface area contributed by atoms with Gasteiger partial charge in [0.15, 0.2) is 0 Å². The van der Waals surface area contributed by atoms with Gasteiger partial charge in [-0.1, -0.05) is 42.5 Å². The van der Waals surface area contributed by atoms with Crippen LogP contribution in [0.4, 0.5) is 0 Å².